The molecule has 28 heavy (non-hydrogen) atoms. The molecule has 0 aliphatic carbocycles. The molecule has 1 aromatic heterocycles. The number of hydrogen-bond donors (Lipinski definition) is 1. The number of amides is 1. The zero-order valence-electron chi connectivity index (χ0n) is 14.8. The van der Waals surface area contributed by atoms with E-state index in [1.807, 2.05) is 6.07 Å². The third-order valence-corrected chi connectivity index (χ3v) is 6.17. The summed E-state index contributed by atoms with van der Waals surface area (Å²) in [4.78, 5) is 26.4. The minimum atomic E-state index is -3.74. The zero-order valence-corrected chi connectivity index (χ0v) is 17.2. The van der Waals surface area contributed by atoms with Crippen molar-refractivity contribution in [3.05, 3.63) is 51.2 Å². The number of terminal acetylenes is 1. The zero-order chi connectivity index (χ0) is 20.7. The third kappa shape index (κ3) is 6.07. The maximum absolute atomic E-state index is 12.1. The maximum Gasteiger partial charge on any atom is 0.338 e. The van der Waals surface area contributed by atoms with Gasteiger partial charge in [0.25, 0.3) is 5.91 Å². The summed E-state index contributed by atoms with van der Waals surface area (Å²) in [5, 5.41) is 0. The van der Waals surface area contributed by atoms with Crippen LogP contribution in [0.1, 0.15) is 15.2 Å². The van der Waals surface area contributed by atoms with Crippen LogP contribution in [0, 0.1) is 12.3 Å². The number of ether oxygens (including phenoxy) is 1. The minimum Gasteiger partial charge on any atom is -0.452 e. The Morgan fingerprint density at radius 2 is 1.93 bits per heavy atom. The SMILES string of the molecule is C#CCNS(=O)(=O)c1ccc(C(=O)OCC(=O)N(C)Cc2ccc(Cl)s2)cc1. The number of esters is 1. The first-order valence-electron chi connectivity index (χ1n) is 7.91. The van der Waals surface area contributed by atoms with Crippen LogP contribution in [0.4, 0.5) is 0 Å². The number of rotatable bonds is 8. The first-order valence-corrected chi connectivity index (χ1v) is 10.6. The number of hydrogen-bond acceptors (Lipinski definition) is 6. The molecule has 0 unspecified atom stereocenters. The van der Waals surface area contributed by atoms with Gasteiger partial charge in [0.1, 0.15) is 0 Å². The highest BCUT2D eigenvalue weighted by molar-refractivity contribution is 7.89. The average molecular weight is 441 g/mol. The molecule has 1 N–H and O–H groups in total. The van der Waals surface area contributed by atoms with Crippen molar-refractivity contribution in [3.8, 4) is 12.3 Å². The Hall–Kier alpha value is -2.38. The molecule has 0 radical (unpaired) electrons. The van der Waals surface area contributed by atoms with E-state index in [9.17, 15) is 18.0 Å². The maximum atomic E-state index is 12.1. The standard InChI is InChI=1S/C18H17ClN2O5S2/c1-3-10-20-28(24,25)15-7-4-13(5-8-15)18(23)26-12-17(22)21(2)11-14-6-9-16(19)27-14/h1,4-9,20H,10-12H2,2H3. The molecule has 2 rings (SSSR count). The van der Waals surface area contributed by atoms with Crippen LogP contribution in [0.3, 0.4) is 0 Å². The van der Waals surface area contributed by atoms with E-state index >= 15 is 0 Å². The molecule has 0 spiro atoms. The number of carbonyl (C=O) groups is 2. The van der Waals surface area contributed by atoms with Crippen molar-refractivity contribution < 1.29 is 22.7 Å². The second-order valence-electron chi connectivity index (χ2n) is 5.58. The molecule has 148 valence electrons. The molecule has 0 atom stereocenters. The summed E-state index contributed by atoms with van der Waals surface area (Å²) >= 11 is 7.22. The van der Waals surface area contributed by atoms with E-state index < -0.39 is 22.6 Å². The van der Waals surface area contributed by atoms with Crippen molar-refractivity contribution in [1.29, 1.82) is 0 Å². The average Bonchev–Trinajstić information content (AvgIpc) is 3.08. The summed E-state index contributed by atoms with van der Waals surface area (Å²) in [7, 11) is -2.15. The Morgan fingerprint density at radius 3 is 2.50 bits per heavy atom. The van der Waals surface area contributed by atoms with Gasteiger partial charge in [-0.05, 0) is 36.4 Å². The van der Waals surface area contributed by atoms with Crippen LogP contribution in [0.2, 0.25) is 4.34 Å². The fourth-order valence-electron chi connectivity index (χ4n) is 2.07. The van der Waals surface area contributed by atoms with Crippen LogP contribution in [0.5, 0.6) is 0 Å². The summed E-state index contributed by atoms with van der Waals surface area (Å²) in [6.45, 7) is -0.220. The summed E-state index contributed by atoms with van der Waals surface area (Å²) in [6.07, 6.45) is 5.03. The number of nitrogens with zero attached hydrogens (tertiary/aromatic N) is 1. The molecule has 1 aromatic carbocycles. The van der Waals surface area contributed by atoms with Gasteiger partial charge in [-0.2, -0.15) is 4.72 Å². The normalized spacial score (nSPS) is 10.9. The second-order valence-corrected chi connectivity index (χ2v) is 9.15. The van der Waals surface area contributed by atoms with Gasteiger partial charge >= 0.3 is 5.97 Å². The number of nitrogens with one attached hydrogen (secondary N) is 1. The molecule has 0 fully saturated rings. The topological polar surface area (TPSA) is 92.8 Å². The first kappa shape index (κ1) is 21.9. The fourth-order valence-corrected chi connectivity index (χ4v) is 4.15. The lowest BCUT2D eigenvalue weighted by Gasteiger charge is -2.16. The number of halogens is 1. The van der Waals surface area contributed by atoms with Crippen molar-refractivity contribution >= 4 is 44.8 Å². The minimum absolute atomic E-state index is 0.0373. The number of likely N-dealkylation sites (N-methyl/N-ethyl adjacent to an activating group) is 1. The Bertz CT molecular complexity index is 994. The molecule has 0 aliphatic rings. The Morgan fingerprint density at radius 1 is 1.25 bits per heavy atom. The van der Waals surface area contributed by atoms with Crippen LogP contribution in [0.15, 0.2) is 41.3 Å². The van der Waals surface area contributed by atoms with Gasteiger partial charge in [-0.25, -0.2) is 13.2 Å². The fraction of sp³-hybridized carbons (Fsp3) is 0.222. The summed E-state index contributed by atoms with van der Waals surface area (Å²) in [5.74, 6) is 1.06. The molecule has 0 saturated heterocycles. The van der Waals surface area contributed by atoms with E-state index in [1.54, 1.807) is 13.1 Å². The molecule has 0 aliphatic heterocycles. The van der Waals surface area contributed by atoms with E-state index in [0.29, 0.717) is 10.9 Å². The van der Waals surface area contributed by atoms with E-state index in [4.69, 9.17) is 22.8 Å². The number of thiophene rings is 1. The molecule has 0 saturated carbocycles. The van der Waals surface area contributed by atoms with Gasteiger partial charge in [0.2, 0.25) is 10.0 Å². The largest absolute Gasteiger partial charge is 0.452 e. The number of benzene rings is 1. The lowest BCUT2D eigenvalue weighted by Crippen LogP contribution is -2.30. The van der Waals surface area contributed by atoms with E-state index in [2.05, 4.69) is 10.6 Å². The van der Waals surface area contributed by atoms with E-state index in [-0.39, 0.29) is 22.9 Å². The van der Waals surface area contributed by atoms with Crippen LogP contribution in [-0.4, -0.2) is 45.4 Å². The van der Waals surface area contributed by atoms with Crippen molar-refractivity contribution in [1.82, 2.24) is 9.62 Å². The van der Waals surface area contributed by atoms with Gasteiger partial charge in [0, 0.05) is 11.9 Å². The van der Waals surface area contributed by atoms with Gasteiger partial charge < -0.3 is 9.64 Å². The molecular weight excluding hydrogens is 424 g/mol. The van der Waals surface area contributed by atoms with E-state index in [1.165, 1.54) is 40.5 Å². The molecule has 1 heterocycles. The van der Waals surface area contributed by atoms with Gasteiger partial charge in [-0.3, -0.25) is 4.79 Å². The quantitative estimate of drug-likeness (QED) is 0.501. The summed E-state index contributed by atoms with van der Waals surface area (Å²) in [5.41, 5.74) is 0.122. The van der Waals surface area contributed by atoms with Gasteiger partial charge in [-0.15, -0.1) is 17.8 Å². The van der Waals surface area contributed by atoms with Crippen molar-refractivity contribution in [2.75, 3.05) is 20.2 Å². The molecular formula is C18H17ClN2O5S2. The predicted molar refractivity (Wildman–Crippen MR) is 107 cm³/mol. The van der Waals surface area contributed by atoms with Crippen LogP contribution in [0.25, 0.3) is 0 Å². The smallest absolute Gasteiger partial charge is 0.338 e. The van der Waals surface area contributed by atoms with Crippen molar-refractivity contribution in [3.63, 3.8) is 0 Å². The molecule has 1 amide bonds. The van der Waals surface area contributed by atoms with Crippen LogP contribution < -0.4 is 4.72 Å². The lowest BCUT2D eigenvalue weighted by atomic mass is 10.2. The highest BCUT2D eigenvalue weighted by atomic mass is 35.5. The molecule has 0 bridgehead atoms. The molecule has 2 aromatic rings. The highest BCUT2D eigenvalue weighted by Crippen LogP contribution is 2.22. The van der Waals surface area contributed by atoms with E-state index in [0.717, 1.165) is 4.88 Å². The van der Waals surface area contributed by atoms with Crippen LogP contribution >= 0.6 is 22.9 Å². The van der Waals surface area contributed by atoms with Crippen molar-refractivity contribution in [2.24, 2.45) is 0 Å². The van der Waals surface area contributed by atoms with Gasteiger partial charge in [-0.1, -0.05) is 17.5 Å². The first-order chi connectivity index (χ1) is 13.2. The number of carbonyl (C=O) groups excluding carboxylic acids is 2. The Balaban J connectivity index is 1.90. The highest BCUT2D eigenvalue weighted by Gasteiger charge is 2.17. The number of sulfonamides is 1. The molecule has 10 heteroatoms. The summed E-state index contributed by atoms with van der Waals surface area (Å²) < 4.78 is 31.7. The second kappa shape index (κ2) is 9.71. The van der Waals surface area contributed by atoms with Gasteiger partial charge in [0.15, 0.2) is 6.61 Å². The lowest BCUT2D eigenvalue weighted by molar-refractivity contribution is -0.133. The predicted octanol–water partition coefficient (Wildman–Crippen LogP) is 2.13. The molecule has 7 nitrogen and oxygen atoms in total. The van der Waals surface area contributed by atoms with Crippen molar-refractivity contribution in [2.45, 2.75) is 11.4 Å². The Labute approximate surface area is 172 Å². The summed E-state index contributed by atoms with van der Waals surface area (Å²) in [6, 6.07) is 8.67. The monoisotopic (exact) mass is 440 g/mol. The Kier molecular flexibility index (Phi) is 7.60. The van der Waals surface area contributed by atoms with Gasteiger partial charge in [0.05, 0.1) is 27.9 Å². The third-order valence-electron chi connectivity index (χ3n) is 3.54. The van der Waals surface area contributed by atoms with Crippen LogP contribution in [-0.2, 0) is 26.1 Å².